The van der Waals surface area contributed by atoms with Crippen molar-refractivity contribution in [1.29, 1.82) is 0 Å². The predicted octanol–water partition coefficient (Wildman–Crippen LogP) is 13.0. The van der Waals surface area contributed by atoms with Gasteiger partial charge in [-0.2, -0.15) is 5.10 Å². The number of piperidine rings is 2. The lowest BCUT2D eigenvalue weighted by molar-refractivity contribution is -0.129. The maximum absolute atomic E-state index is 11.6. The zero-order chi connectivity index (χ0) is 61.9. The van der Waals surface area contributed by atoms with Gasteiger partial charge < -0.3 is 39.1 Å². The fraction of sp³-hybridized carbons (Fsp3) is 0.397. The summed E-state index contributed by atoms with van der Waals surface area (Å²) < 4.78 is 18.5. The van der Waals surface area contributed by atoms with Gasteiger partial charge in [0, 0.05) is 60.3 Å². The Kier molecular flexibility index (Phi) is 23.3. The number of carbonyl (C=O) groups is 2. The number of fused-ring (bicyclic) bond motifs is 3. The molecule has 6 fully saturated rings. The van der Waals surface area contributed by atoms with Crippen molar-refractivity contribution < 1.29 is 23.8 Å². The van der Waals surface area contributed by atoms with Gasteiger partial charge in [0.2, 0.25) is 28.8 Å². The van der Waals surface area contributed by atoms with Gasteiger partial charge in [0.15, 0.2) is 10.3 Å². The van der Waals surface area contributed by atoms with Gasteiger partial charge in [0.1, 0.15) is 35.8 Å². The van der Waals surface area contributed by atoms with E-state index in [-0.39, 0.29) is 54.3 Å². The number of nitrogens with one attached hydrogen (secondary N) is 1. The second kappa shape index (κ2) is 31.9. The molecule has 3 aromatic carbocycles. The zero-order valence-corrected chi connectivity index (χ0v) is 55.3. The van der Waals surface area contributed by atoms with E-state index in [1.54, 1.807) is 13.1 Å². The van der Waals surface area contributed by atoms with Crippen molar-refractivity contribution in [2.75, 3.05) is 80.1 Å². The highest BCUT2D eigenvalue weighted by Gasteiger charge is 2.35. The normalized spacial score (nSPS) is 17.2. The highest BCUT2D eigenvalue weighted by molar-refractivity contribution is 6.62. The highest BCUT2D eigenvalue weighted by atomic mass is 35.5. The number of hydrogen-bond acceptors (Lipinski definition) is 18. The zero-order valence-electron chi connectivity index (χ0n) is 51.4. The molecule has 1 amide bonds. The smallest absolute Gasteiger partial charge is 0.237 e. The van der Waals surface area contributed by atoms with Crippen LogP contribution in [0, 0.1) is 0 Å². The molecule has 5 aliphatic heterocycles. The van der Waals surface area contributed by atoms with Gasteiger partial charge in [0.05, 0.1) is 62.0 Å². The Hall–Kier alpha value is -7.52. The number of benzene rings is 3. The summed E-state index contributed by atoms with van der Waals surface area (Å²) in [6.45, 7) is 11.3. The second-order valence-electron chi connectivity index (χ2n) is 23.8. The number of anilines is 3. The van der Waals surface area contributed by atoms with Gasteiger partial charge in [-0.15, -0.1) is 50.3 Å². The van der Waals surface area contributed by atoms with Crippen LogP contribution in [0.3, 0.4) is 0 Å². The summed E-state index contributed by atoms with van der Waals surface area (Å²) in [6, 6.07) is 43.0. The number of halogens is 5. The fourth-order valence-corrected chi connectivity index (χ4v) is 12.9. The third-order valence-corrected chi connectivity index (χ3v) is 18.0. The molecule has 9 aromatic rings. The molecule has 0 spiro atoms. The lowest BCUT2D eigenvalue weighted by Crippen LogP contribution is -2.54. The Balaban J connectivity index is 0.000000145. The SMILES string of the molecule is CC(=O)Cl.CC(=O)N1CCC(c2ccnnc2OC2CN(c3ccc4ccccc4n3)C2)CC1.Cl.Cl.Clc1cc(C2CCCCC2)c(OC2CN(c3ccc4ccccc4n3)C2)nn1.Clc1nnc(OC2CN(c3ccc4ccccc4n3)C2)cc1C1CCNCC1. The average Bonchev–Trinajstić information content (AvgIpc) is 0.865. The van der Waals surface area contributed by atoms with Gasteiger partial charge in [-0.1, -0.05) is 97.1 Å². The van der Waals surface area contributed by atoms with Gasteiger partial charge >= 0.3 is 0 Å². The number of hydrogen-bond donors (Lipinski definition) is 1. The van der Waals surface area contributed by atoms with Gasteiger partial charge in [0.25, 0.3) is 0 Å². The number of pyridine rings is 3. The van der Waals surface area contributed by atoms with Crippen LogP contribution in [0.4, 0.5) is 17.5 Å². The number of para-hydroxylation sites is 3. The van der Waals surface area contributed by atoms with Crippen molar-refractivity contribution in [3.05, 3.63) is 161 Å². The van der Waals surface area contributed by atoms with Crippen molar-refractivity contribution in [2.45, 2.75) is 108 Å². The Morgan fingerprint density at radius 1 is 0.489 bits per heavy atom. The van der Waals surface area contributed by atoms with Crippen molar-refractivity contribution in [3.63, 3.8) is 0 Å². The average molecular weight is 1350 g/mol. The van der Waals surface area contributed by atoms with E-state index in [9.17, 15) is 9.59 Å². The van der Waals surface area contributed by atoms with Crippen molar-refractivity contribution in [3.8, 4) is 17.6 Å². The molecule has 11 heterocycles. The Labute approximate surface area is 563 Å². The molecule has 0 atom stereocenters. The summed E-state index contributed by atoms with van der Waals surface area (Å²) in [5.74, 6) is 6.21. The molecule has 1 aliphatic carbocycles. The Bertz CT molecular complexity index is 3930. The molecule has 19 nitrogen and oxygen atoms in total. The Morgan fingerprint density at radius 3 is 1.45 bits per heavy atom. The Morgan fingerprint density at radius 2 is 0.946 bits per heavy atom. The summed E-state index contributed by atoms with van der Waals surface area (Å²) in [5, 5.41) is 32.3. The lowest BCUT2D eigenvalue weighted by Gasteiger charge is -2.40. The minimum atomic E-state index is -0.361. The largest absolute Gasteiger partial charge is 0.469 e. The van der Waals surface area contributed by atoms with Gasteiger partial charge in [-0.25, -0.2) is 15.0 Å². The van der Waals surface area contributed by atoms with E-state index in [0.717, 1.165) is 158 Å². The molecular formula is C68H75Cl5N14O5. The number of likely N-dealkylation sites (tertiary alicyclic amines) is 1. The maximum atomic E-state index is 11.6. The number of rotatable bonds is 12. The molecule has 0 unspecified atom stereocenters. The standard InChI is InChI=1S/C23H25N5O2.C22H23ClN4O.C21H22ClN5O.C2H3ClO.2ClH/c1-16(29)27-12-9-17(10-13-27)20-8-11-24-26-23(20)30-19-14-28(15-19)22-7-6-18-4-2-3-5-21(18)25-22;23-20-12-18(15-6-2-1-3-7-15)22(26-25-20)28-17-13-27(14-17)21-11-10-16-8-4-5-9-19(16)24-21;22-21-17(14-7-9-23-10-8-14)11-20(25-26-21)28-16-12-27(13-16)19-6-5-15-3-1-2-4-18(15)24-19;1-2(3)4;;/h2-8,11,17,19H,9-10,12-15H2,1H3;4-5,8-12,15,17H,1-3,6-7,13-14H2;1-6,11,14,16,23H,7-10,12-13H2;1H3;2*1H. The topological polar surface area (TPSA) is 203 Å². The summed E-state index contributed by atoms with van der Waals surface area (Å²) in [6.07, 6.45) is 12.2. The molecule has 6 aliphatic rings. The fourth-order valence-electron chi connectivity index (χ4n) is 12.5. The molecule has 92 heavy (non-hydrogen) atoms. The van der Waals surface area contributed by atoms with E-state index in [0.29, 0.717) is 45.7 Å². The van der Waals surface area contributed by atoms with Crippen LogP contribution in [0.1, 0.15) is 106 Å². The predicted molar refractivity (Wildman–Crippen MR) is 367 cm³/mol. The van der Waals surface area contributed by atoms with Crippen LogP contribution < -0.4 is 34.2 Å². The molecular weight excluding hydrogens is 1270 g/mol. The molecule has 24 heteroatoms. The summed E-state index contributed by atoms with van der Waals surface area (Å²) in [5.41, 5.74) is 6.33. The van der Waals surface area contributed by atoms with E-state index >= 15 is 0 Å². The van der Waals surface area contributed by atoms with Crippen molar-refractivity contribution in [2.24, 2.45) is 0 Å². The maximum Gasteiger partial charge on any atom is 0.237 e. The quantitative estimate of drug-likeness (QED) is 0.113. The van der Waals surface area contributed by atoms with Crippen LogP contribution in [-0.4, -0.2) is 145 Å². The van der Waals surface area contributed by atoms with Crippen LogP contribution >= 0.6 is 59.6 Å². The minimum Gasteiger partial charge on any atom is -0.469 e. The number of ether oxygens (including phenoxy) is 3. The number of aromatic nitrogens is 9. The van der Waals surface area contributed by atoms with E-state index in [4.69, 9.17) is 52.4 Å². The van der Waals surface area contributed by atoms with Crippen LogP contribution in [0.15, 0.2) is 134 Å². The number of amides is 1. The molecule has 1 N–H and O–H groups in total. The molecule has 0 radical (unpaired) electrons. The number of nitrogens with zero attached hydrogens (tertiary/aromatic N) is 13. The summed E-state index contributed by atoms with van der Waals surface area (Å²) in [4.78, 5) is 43.7. The van der Waals surface area contributed by atoms with E-state index in [1.807, 2.05) is 77.7 Å². The van der Waals surface area contributed by atoms with Crippen molar-refractivity contribution >= 4 is 121 Å². The highest BCUT2D eigenvalue weighted by Crippen LogP contribution is 2.39. The first-order chi connectivity index (χ1) is 43.9. The second-order valence-corrected chi connectivity index (χ2v) is 25.1. The van der Waals surface area contributed by atoms with Gasteiger partial charge in [-0.3, -0.25) is 9.59 Å². The van der Waals surface area contributed by atoms with Crippen LogP contribution in [0.5, 0.6) is 17.6 Å². The third kappa shape index (κ3) is 17.0. The van der Waals surface area contributed by atoms with E-state index < -0.39 is 0 Å². The minimum absolute atomic E-state index is 0. The van der Waals surface area contributed by atoms with Gasteiger partial charge in [-0.05, 0) is 153 Å². The van der Waals surface area contributed by atoms with Crippen LogP contribution in [-0.2, 0) is 9.59 Å². The molecule has 0 bridgehead atoms. The molecule has 5 saturated heterocycles. The molecule has 15 rings (SSSR count). The molecule has 1 saturated carbocycles. The van der Waals surface area contributed by atoms with E-state index in [2.05, 4.69) is 117 Å². The summed E-state index contributed by atoms with van der Waals surface area (Å²) in [7, 11) is 0. The monoisotopic (exact) mass is 1340 g/mol. The first kappa shape index (κ1) is 67.4. The molecule has 482 valence electrons. The first-order valence-electron chi connectivity index (χ1n) is 31.2. The van der Waals surface area contributed by atoms with Crippen LogP contribution in [0.2, 0.25) is 10.3 Å². The summed E-state index contributed by atoms with van der Waals surface area (Å²) >= 11 is 17.1. The number of carbonyl (C=O) groups excluding carboxylic acids is 2. The van der Waals surface area contributed by atoms with Crippen LogP contribution in [0.25, 0.3) is 32.7 Å². The third-order valence-electron chi connectivity index (χ3n) is 17.5. The van der Waals surface area contributed by atoms with Crippen molar-refractivity contribution in [1.82, 2.24) is 55.8 Å². The van der Waals surface area contributed by atoms with E-state index in [1.165, 1.54) is 39.0 Å². The first-order valence-corrected chi connectivity index (χ1v) is 32.4. The lowest BCUT2D eigenvalue weighted by atomic mass is 9.84. The molecule has 6 aromatic heterocycles.